The van der Waals surface area contributed by atoms with Crippen LogP contribution in [0.4, 0.5) is 5.69 Å². The maximum atomic E-state index is 12.6. The number of hydrogen-bond donors (Lipinski definition) is 1. The highest BCUT2D eigenvalue weighted by atomic mass is 16.5. The third kappa shape index (κ3) is 3.53. The summed E-state index contributed by atoms with van der Waals surface area (Å²) >= 11 is 0. The van der Waals surface area contributed by atoms with Crippen molar-refractivity contribution in [3.8, 4) is 11.3 Å². The van der Waals surface area contributed by atoms with Crippen LogP contribution < -0.4 is 5.32 Å². The molecule has 0 aliphatic carbocycles. The zero-order chi connectivity index (χ0) is 17.9. The molecular weight excluding hydrogens is 328 g/mol. The van der Waals surface area contributed by atoms with Crippen LogP contribution in [0.15, 0.2) is 59.1 Å². The molecule has 5 nitrogen and oxygen atoms in total. The lowest BCUT2D eigenvalue weighted by molar-refractivity contribution is 0.102. The second-order valence-electron chi connectivity index (χ2n) is 6.46. The van der Waals surface area contributed by atoms with Crippen molar-refractivity contribution in [1.82, 2.24) is 4.98 Å². The zero-order valence-corrected chi connectivity index (χ0v) is 14.6. The molecule has 1 atom stereocenters. The Labute approximate surface area is 152 Å². The summed E-state index contributed by atoms with van der Waals surface area (Å²) in [6.07, 6.45) is 2.70. The molecule has 2 aromatic carbocycles. The number of benzene rings is 2. The van der Waals surface area contributed by atoms with Crippen LogP contribution in [0.2, 0.25) is 0 Å². The Hall–Kier alpha value is -2.92. The van der Waals surface area contributed by atoms with Crippen LogP contribution in [0.3, 0.4) is 0 Å². The van der Waals surface area contributed by atoms with Crippen LogP contribution in [0.25, 0.3) is 11.3 Å². The molecule has 1 aliphatic rings. The van der Waals surface area contributed by atoms with E-state index in [2.05, 4.69) is 16.4 Å². The van der Waals surface area contributed by atoms with Crippen LogP contribution in [0.1, 0.15) is 34.2 Å². The van der Waals surface area contributed by atoms with E-state index in [0.717, 1.165) is 36.4 Å². The molecule has 1 saturated heterocycles. The third-order valence-electron chi connectivity index (χ3n) is 4.60. The fourth-order valence-electron chi connectivity index (χ4n) is 3.15. The van der Waals surface area contributed by atoms with Crippen molar-refractivity contribution in [2.75, 3.05) is 18.5 Å². The number of anilines is 1. The van der Waals surface area contributed by atoms with Gasteiger partial charge in [-0.2, -0.15) is 0 Å². The van der Waals surface area contributed by atoms with Crippen molar-refractivity contribution in [3.63, 3.8) is 0 Å². The van der Waals surface area contributed by atoms with Crippen LogP contribution >= 0.6 is 0 Å². The molecule has 4 rings (SSSR count). The molecule has 1 aromatic heterocycles. The highest BCUT2D eigenvalue weighted by Crippen LogP contribution is 2.26. The van der Waals surface area contributed by atoms with Gasteiger partial charge in [0.25, 0.3) is 5.91 Å². The topological polar surface area (TPSA) is 64.4 Å². The summed E-state index contributed by atoms with van der Waals surface area (Å²) in [6, 6.07) is 15.3. The van der Waals surface area contributed by atoms with Crippen molar-refractivity contribution in [2.24, 2.45) is 0 Å². The van der Waals surface area contributed by atoms with Gasteiger partial charge >= 0.3 is 0 Å². The van der Waals surface area contributed by atoms with E-state index < -0.39 is 0 Å². The number of nitrogens with one attached hydrogen (secondary N) is 1. The molecule has 0 spiro atoms. The van der Waals surface area contributed by atoms with Crippen molar-refractivity contribution in [1.29, 1.82) is 0 Å². The monoisotopic (exact) mass is 348 g/mol. The number of nitrogens with zero attached hydrogens (tertiary/aromatic N) is 1. The summed E-state index contributed by atoms with van der Waals surface area (Å²) in [6.45, 7) is 3.33. The average molecular weight is 348 g/mol. The van der Waals surface area contributed by atoms with Crippen molar-refractivity contribution in [2.45, 2.75) is 19.3 Å². The number of aryl methyl sites for hydroxylation is 1. The smallest absolute Gasteiger partial charge is 0.255 e. The van der Waals surface area contributed by atoms with E-state index in [4.69, 9.17) is 9.15 Å². The van der Waals surface area contributed by atoms with E-state index in [1.54, 1.807) is 6.20 Å². The van der Waals surface area contributed by atoms with Gasteiger partial charge in [-0.05, 0) is 48.4 Å². The molecule has 0 saturated carbocycles. The Morgan fingerprint density at radius 3 is 2.73 bits per heavy atom. The summed E-state index contributed by atoms with van der Waals surface area (Å²) < 4.78 is 11.0. The molecule has 5 heteroatoms. The first-order valence-corrected chi connectivity index (χ1v) is 8.71. The number of carbonyl (C=O) groups is 1. The quantitative estimate of drug-likeness (QED) is 0.759. The van der Waals surface area contributed by atoms with E-state index >= 15 is 0 Å². The predicted molar refractivity (Wildman–Crippen MR) is 99.2 cm³/mol. The second-order valence-corrected chi connectivity index (χ2v) is 6.46. The molecule has 1 fully saturated rings. The number of ether oxygens (including phenoxy) is 1. The Kier molecular flexibility index (Phi) is 4.54. The average Bonchev–Trinajstić information content (AvgIpc) is 3.34. The summed E-state index contributed by atoms with van der Waals surface area (Å²) in [5.41, 5.74) is 3.48. The largest absolute Gasteiger partial charge is 0.441 e. The SMILES string of the molecule is Cc1ncc(-c2ccc(NC(=O)c3cccc([C@H]4CCOC4)c3)cc2)o1. The first kappa shape index (κ1) is 16.5. The standard InChI is InChI=1S/C21H20N2O3/c1-14-22-12-20(26-14)15-5-7-19(8-6-15)23-21(24)17-4-2-3-16(11-17)18-9-10-25-13-18/h2-8,11-12,18H,9-10,13H2,1H3,(H,23,24)/t18-/m0/s1. The van der Waals surface area contributed by atoms with Gasteiger partial charge in [-0.15, -0.1) is 0 Å². The van der Waals surface area contributed by atoms with Gasteiger partial charge in [-0.25, -0.2) is 4.98 Å². The van der Waals surface area contributed by atoms with E-state index in [-0.39, 0.29) is 5.91 Å². The van der Waals surface area contributed by atoms with Crippen LogP contribution in [-0.2, 0) is 4.74 Å². The third-order valence-corrected chi connectivity index (χ3v) is 4.60. The van der Waals surface area contributed by atoms with Gasteiger partial charge in [0.1, 0.15) is 0 Å². The Balaban J connectivity index is 1.47. The van der Waals surface area contributed by atoms with Gasteiger partial charge in [0.2, 0.25) is 0 Å². The van der Waals surface area contributed by atoms with E-state index in [0.29, 0.717) is 23.1 Å². The summed E-state index contributed by atoms with van der Waals surface area (Å²) in [5, 5.41) is 2.94. The molecule has 2 heterocycles. The lowest BCUT2D eigenvalue weighted by Crippen LogP contribution is -2.12. The molecule has 3 aromatic rings. The fraction of sp³-hybridized carbons (Fsp3) is 0.238. The Bertz CT molecular complexity index is 909. The highest BCUT2D eigenvalue weighted by molar-refractivity contribution is 6.04. The number of oxazole rings is 1. The highest BCUT2D eigenvalue weighted by Gasteiger charge is 2.18. The molecule has 0 unspecified atom stereocenters. The van der Waals surface area contributed by atoms with Gasteiger partial charge in [-0.3, -0.25) is 4.79 Å². The number of rotatable bonds is 4. The lowest BCUT2D eigenvalue weighted by atomic mass is 9.96. The lowest BCUT2D eigenvalue weighted by Gasteiger charge is -2.10. The number of carbonyl (C=O) groups excluding carboxylic acids is 1. The van der Waals surface area contributed by atoms with Crippen LogP contribution in [0, 0.1) is 6.92 Å². The summed E-state index contributed by atoms with van der Waals surface area (Å²) in [5.74, 6) is 1.61. The van der Waals surface area contributed by atoms with Gasteiger partial charge in [0, 0.05) is 36.3 Å². The normalized spacial score (nSPS) is 16.6. The van der Waals surface area contributed by atoms with Crippen LogP contribution in [0.5, 0.6) is 0 Å². The maximum absolute atomic E-state index is 12.6. The van der Waals surface area contributed by atoms with Crippen LogP contribution in [-0.4, -0.2) is 24.1 Å². The first-order chi connectivity index (χ1) is 12.7. The predicted octanol–water partition coefficient (Wildman–Crippen LogP) is 4.41. The first-order valence-electron chi connectivity index (χ1n) is 8.71. The molecule has 1 aliphatic heterocycles. The zero-order valence-electron chi connectivity index (χ0n) is 14.6. The van der Waals surface area contributed by atoms with Gasteiger partial charge < -0.3 is 14.5 Å². The molecule has 1 amide bonds. The molecule has 132 valence electrons. The molecule has 26 heavy (non-hydrogen) atoms. The number of aromatic nitrogens is 1. The number of hydrogen-bond acceptors (Lipinski definition) is 4. The Morgan fingerprint density at radius 2 is 2.04 bits per heavy atom. The minimum absolute atomic E-state index is 0.117. The molecule has 0 radical (unpaired) electrons. The van der Waals surface area contributed by atoms with Crippen molar-refractivity contribution < 1.29 is 13.9 Å². The summed E-state index contributed by atoms with van der Waals surface area (Å²) in [4.78, 5) is 16.7. The van der Waals surface area contributed by atoms with E-state index in [9.17, 15) is 4.79 Å². The molecule has 1 N–H and O–H groups in total. The van der Waals surface area contributed by atoms with Crippen molar-refractivity contribution in [3.05, 3.63) is 71.7 Å². The minimum Gasteiger partial charge on any atom is -0.441 e. The van der Waals surface area contributed by atoms with E-state index in [1.165, 1.54) is 0 Å². The number of amides is 1. The van der Waals surface area contributed by atoms with Crippen molar-refractivity contribution >= 4 is 11.6 Å². The van der Waals surface area contributed by atoms with E-state index in [1.807, 2.05) is 49.4 Å². The second kappa shape index (κ2) is 7.14. The van der Waals surface area contributed by atoms with Gasteiger partial charge in [-0.1, -0.05) is 12.1 Å². The fourth-order valence-corrected chi connectivity index (χ4v) is 3.15. The summed E-state index contributed by atoms with van der Waals surface area (Å²) in [7, 11) is 0. The molecular formula is C21H20N2O3. The van der Waals surface area contributed by atoms with Gasteiger partial charge in [0.15, 0.2) is 11.7 Å². The maximum Gasteiger partial charge on any atom is 0.255 e. The molecule has 0 bridgehead atoms. The van der Waals surface area contributed by atoms with Gasteiger partial charge in [0.05, 0.1) is 12.8 Å². The minimum atomic E-state index is -0.117. The Morgan fingerprint density at radius 1 is 1.19 bits per heavy atom.